The highest BCUT2D eigenvalue weighted by molar-refractivity contribution is 7.09. The van der Waals surface area contributed by atoms with Crippen LogP contribution in [0.5, 0.6) is 0 Å². The van der Waals surface area contributed by atoms with Crippen molar-refractivity contribution in [3.63, 3.8) is 0 Å². The first-order valence-electron chi connectivity index (χ1n) is 8.75. The number of nitrogens with one attached hydrogen (secondary N) is 1. The van der Waals surface area contributed by atoms with Gasteiger partial charge in [0.1, 0.15) is 0 Å². The lowest BCUT2D eigenvalue weighted by Crippen LogP contribution is -2.38. The number of hydrogen-bond donors (Lipinski definition) is 1. The molecule has 1 saturated heterocycles. The largest absolute Gasteiger partial charge is 0.323 e. The van der Waals surface area contributed by atoms with E-state index < -0.39 is 0 Å². The maximum atomic E-state index is 12.6. The Morgan fingerprint density at radius 3 is 2.88 bits per heavy atom. The molecule has 2 heterocycles. The Labute approximate surface area is 158 Å². The van der Waals surface area contributed by atoms with Gasteiger partial charge in [-0.2, -0.15) is 5.26 Å². The number of nitrogens with zero attached hydrogens (tertiary/aromatic N) is 4. The third-order valence-electron chi connectivity index (χ3n) is 4.54. The molecule has 0 unspecified atom stereocenters. The first kappa shape index (κ1) is 18.4. The minimum Gasteiger partial charge on any atom is -0.323 e. The summed E-state index contributed by atoms with van der Waals surface area (Å²) in [4.78, 5) is 21.4. The van der Waals surface area contributed by atoms with Crippen LogP contribution in [0.1, 0.15) is 28.2 Å². The van der Waals surface area contributed by atoms with E-state index in [0.717, 1.165) is 48.9 Å². The molecule has 1 N–H and O–H groups in total. The molecule has 26 heavy (non-hydrogen) atoms. The monoisotopic (exact) mass is 369 g/mol. The Balaban J connectivity index is 1.58. The molecule has 1 aliphatic heterocycles. The number of anilines is 1. The van der Waals surface area contributed by atoms with Crippen LogP contribution in [0.3, 0.4) is 0 Å². The molecule has 0 atom stereocenters. The molecule has 0 saturated carbocycles. The lowest BCUT2D eigenvalue weighted by atomic mass is 10.1. The zero-order valence-corrected chi connectivity index (χ0v) is 16.0. The molecule has 136 valence electrons. The molecule has 1 aliphatic rings. The minimum absolute atomic E-state index is 0.102. The van der Waals surface area contributed by atoms with Crippen molar-refractivity contribution in [2.24, 2.45) is 0 Å². The molecule has 0 radical (unpaired) electrons. The molecule has 1 aromatic carbocycles. The fraction of sp³-hybridized carbons (Fsp3) is 0.421. The number of nitriles is 1. The van der Waals surface area contributed by atoms with E-state index in [0.29, 0.717) is 17.8 Å². The van der Waals surface area contributed by atoms with E-state index in [9.17, 15) is 4.79 Å². The molecule has 0 spiro atoms. The SMILES string of the molecule is Cc1nc(CN2CCCN(C(=O)Nc3cc(C#N)ccc3C)CC2)cs1. The molecule has 3 rings (SSSR count). The van der Waals surface area contributed by atoms with Crippen molar-refractivity contribution in [1.82, 2.24) is 14.8 Å². The van der Waals surface area contributed by atoms with Crippen molar-refractivity contribution in [3.05, 3.63) is 45.4 Å². The van der Waals surface area contributed by atoms with Gasteiger partial charge in [-0.1, -0.05) is 6.07 Å². The minimum atomic E-state index is -0.102. The Kier molecular flexibility index (Phi) is 5.86. The van der Waals surface area contributed by atoms with Gasteiger partial charge >= 0.3 is 6.03 Å². The molecule has 6 nitrogen and oxygen atoms in total. The molecular formula is C19H23N5OS. The standard InChI is InChI=1S/C19H23N5OS/c1-14-4-5-16(11-20)10-18(14)22-19(25)24-7-3-6-23(8-9-24)12-17-13-26-15(2)21-17/h4-5,10,13H,3,6-9,12H2,1-2H3,(H,22,25). The van der Waals surface area contributed by atoms with Gasteiger partial charge in [-0.3, -0.25) is 4.90 Å². The number of aromatic nitrogens is 1. The van der Waals surface area contributed by atoms with E-state index in [1.165, 1.54) is 0 Å². The van der Waals surface area contributed by atoms with Crippen LogP contribution in [0.25, 0.3) is 0 Å². The Morgan fingerprint density at radius 1 is 1.31 bits per heavy atom. The predicted octanol–water partition coefficient (Wildman–Crippen LogP) is 3.37. The molecule has 2 aromatic rings. The quantitative estimate of drug-likeness (QED) is 0.900. The van der Waals surface area contributed by atoms with Crippen LogP contribution in [0.4, 0.5) is 10.5 Å². The number of hydrogen-bond acceptors (Lipinski definition) is 5. The Morgan fingerprint density at radius 2 is 2.15 bits per heavy atom. The molecule has 1 fully saturated rings. The Hall–Kier alpha value is -2.43. The van der Waals surface area contributed by atoms with Gasteiger partial charge < -0.3 is 10.2 Å². The molecular weight excluding hydrogens is 346 g/mol. The van der Waals surface area contributed by atoms with Crippen molar-refractivity contribution >= 4 is 23.1 Å². The topological polar surface area (TPSA) is 72.3 Å². The summed E-state index contributed by atoms with van der Waals surface area (Å²) in [6.45, 7) is 8.00. The van der Waals surface area contributed by atoms with E-state index in [1.54, 1.807) is 23.5 Å². The second-order valence-corrected chi connectivity index (χ2v) is 7.61. The first-order valence-corrected chi connectivity index (χ1v) is 9.63. The summed E-state index contributed by atoms with van der Waals surface area (Å²) in [5.41, 5.74) is 3.31. The first-order chi connectivity index (χ1) is 12.5. The fourth-order valence-corrected chi connectivity index (χ4v) is 3.67. The maximum absolute atomic E-state index is 12.6. The molecule has 0 aliphatic carbocycles. The third kappa shape index (κ3) is 4.59. The van der Waals surface area contributed by atoms with E-state index in [-0.39, 0.29) is 6.03 Å². The third-order valence-corrected chi connectivity index (χ3v) is 5.36. The van der Waals surface area contributed by atoms with Gasteiger partial charge in [-0.05, 0) is 38.0 Å². The normalized spacial score (nSPS) is 15.3. The van der Waals surface area contributed by atoms with Gasteiger partial charge in [-0.15, -0.1) is 11.3 Å². The van der Waals surface area contributed by atoms with Gasteiger partial charge in [0.2, 0.25) is 0 Å². The average Bonchev–Trinajstić information content (AvgIpc) is 2.89. The van der Waals surface area contributed by atoms with Gasteiger partial charge in [0.15, 0.2) is 0 Å². The maximum Gasteiger partial charge on any atom is 0.321 e. The summed E-state index contributed by atoms with van der Waals surface area (Å²) < 4.78 is 0. The second kappa shape index (κ2) is 8.30. The van der Waals surface area contributed by atoms with Crippen LogP contribution in [-0.4, -0.2) is 47.0 Å². The predicted molar refractivity (Wildman–Crippen MR) is 103 cm³/mol. The number of aryl methyl sites for hydroxylation is 2. The van der Waals surface area contributed by atoms with Crippen molar-refractivity contribution < 1.29 is 4.79 Å². The average molecular weight is 369 g/mol. The summed E-state index contributed by atoms with van der Waals surface area (Å²) in [5.74, 6) is 0. The second-order valence-electron chi connectivity index (χ2n) is 6.55. The van der Waals surface area contributed by atoms with Crippen molar-refractivity contribution in [3.8, 4) is 6.07 Å². The molecule has 1 aromatic heterocycles. The van der Waals surface area contributed by atoms with Gasteiger partial charge in [0.25, 0.3) is 0 Å². The summed E-state index contributed by atoms with van der Waals surface area (Å²) in [5, 5.41) is 15.2. The summed E-state index contributed by atoms with van der Waals surface area (Å²) in [6.07, 6.45) is 0.938. The number of carbonyl (C=O) groups is 1. The molecule has 7 heteroatoms. The van der Waals surface area contributed by atoms with Crippen molar-refractivity contribution in [2.45, 2.75) is 26.8 Å². The van der Waals surface area contributed by atoms with Crippen LogP contribution in [-0.2, 0) is 6.54 Å². The van der Waals surface area contributed by atoms with E-state index >= 15 is 0 Å². The summed E-state index contributed by atoms with van der Waals surface area (Å²) >= 11 is 1.67. The lowest BCUT2D eigenvalue weighted by Gasteiger charge is -2.22. The fourth-order valence-electron chi connectivity index (χ4n) is 3.06. The number of carbonyl (C=O) groups excluding carboxylic acids is 1. The smallest absolute Gasteiger partial charge is 0.321 e. The van der Waals surface area contributed by atoms with Crippen molar-refractivity contribution in [1.29, 1.82) is 5.26 Å². The number of amides is 2. The van der Waals surface area contributed by atoms with Gasteiger partial charge in [0, 0.05) is 43.8 Å². The van der Waals surface area contributed by atoms with Crippen LogP contribution in [0, 0.1) is 25.2 Å². The lowest BCUT2D eigenvalue weighted by molar-refractivity contribution is 0.211. The number of benzene rings is 1. The van der Waals surface area contributed by atoms with E-state index in [2.05, 4.69) is 26.6 Å². The van der Waals surface area contributed by atoms with Gasteiger partial charge in [0.05, 0.1) is 22.3 Å². The number of thiazole rings is 1. The van der Waals surface area contributed by atoms with Crippen LogP contribution >= 0.6 is 11.3 Å². The number of urea groups is 1. The van der Waals surface area contributed by atoms with Crippen LogP contribution < -0.4 is 5.32 Å². The van der Waals surface area contributed by atoms with Crippen LogP contribution in [0.15, 0.2) is 23.6 Å². The highest BCUT2D eigenvalue weighted by Crippen LogP contribution is 2.18. The van der Waals surface area contributed by atoms with Crippen LogP contribution in [0.2, 0.25) is 0 Å². The Bertz CT molecular complexity index is 826. The number of rotatable bonds is 3. The van der Waals surface area contributed by atoms with Crippen molar-refractivity contribution in [2.75, 3.05) is 31.5 Å². The zero-order valence-electron chi connectivity index (χ0n) is 15.2. The summed E-state index contributed by atoms with van der Waals surface area (Å²) in [6, 6.07) is 7.35. The molecule has 2 amide bonds. The highest BCUT2D eigenvalue weighted by atomic mass is 32.1. The zero-order chi connectivity index (χ0) is 18.5. The van der Waals surface area contributed by atoms with Gasteiger partial charge in [-0.25, -0.2) is 9.78 Å². The summed E-state index contributed by atoms with van der Waals surface area (Å²) in [7, 11) is 0. The van der Waals surface area contributed by atoms with E-state index in [1.807, 2.05) is 24.8 Å². The van der Waals surface area contributed by atoms with E-state index in [4.69, 9.17) is 5.26 Å². The highest BCUT2D eigenvalue weighted by Gasteiger charge is 2.20. The molecule has 0 bridgehead atoms.